The SMILES string of the molecule is CCO[Si](C)OCCCNc1ccccc1. The maximum Gasteiger partial charge on any atom is 0.381 e. The van der Waals surface area contributed by atoms with Crippen LogP contribution in [0.25, 0.3) is 0 Å². The van der Waals surface area contributed by atoms with E-state index in [0.29, 0.717) is 0 Å². The lowest BCUT2D eigenvalue weighted by atomic mass is 10.3. The lowest BCUT2D eigenvalue weighted by Crippen LogP contribution is -2.20. The summed E-state index contributed by atoms with van der Waals surface area (Å²) in [5, 5.41) is 3.34. The molecule has 1 aromatic carbocycles. The van der Waals surface area contributed by atoms with E-state index in [0.717, 1.165) is 31.9 Å². The van der Waals surface area contributed by atoms with Gasteiger partial charge in [0.2, 0.25) is 0 Å². The Bertz CT molecular complexity index is 269. The quantitative estimate of drug-likeness (QED) is 0.558. The predicted octanol–water partition coefficient (Wildman–Crippen LogP) is 2.66. The van der Waals surface area contributed by atoms with Gasteiger partial charge in [0.25, 0.3) is 0 Å². The molecule has 4 heteroatoms. The molecule has 0 aliphatic carbocycles. The van der Waals surface area contributed by atoms with Gasteiger partial charge in [-0.3, -0.25) is 0 Å². The number of para-hydroxylation sites is 1. The van der Waals surface area contributed by atoms with Gasteiger partial charge in [-0.25, -0.2) is 0 Å². The van der Waals surface area contributed by atoms with Crippen molar-refractivity contribution in [1.29, 1.82) is 0 Å². The van der Waals surface area contributed by atoms with E-state index < -0.39 is 9.28 Å². The standard InChI is InChI=1S/C12H20NO2Si/c1-3-14-16(2)15-11-7-10-13-12-8-5-4-6-9-12/h4-6,8-9,13H,3,7,10-11H2,1-2H3. The van der Waals surface area contributed by atoms with Gasteiger partial charge < -0.3 is 14.2 Å². The average molecular weight is 238 g/mol. The molecule has 16 heavy (non-hydrogen) atoms. The van der Waals surface area contributed by atoms with Crippen LogP contribution in [0.15, 0.2) is 30.3 Å². The molecule has 3 nitrogen and oxygen atoms in total. The lowest BCUT2D eigenvalue weighted by molar-refractivity contribution is 0.209. The summed E-state index contributed by atoms with van der Waals surface area (Å²) in [4.78, 5) is 0. The molecule has 0 atom stereocenters. The topological polar surface area (TPSA) is 30.5 Å². The van der Waals surface area contributed by atoms with Gasteiger partial charge in [-0.2, -0.15) is 0 Å². The highest BCUT2D eigenvalue weighted by atomic mass is 28.3. The van der Waals surface area contributed by atoms with Gasteiger partial charge in [-0.05, 0) is 32.0 Å². The van der Waals surface area contributed by atoms with E-state index in [1.165, 1.54) is 0 Å². The van der Waals surface area contributed by atoms with E-state index >= 15 is 0 Å². The van der Waals surface area contributed by atoms with Gasteiger partial charge in [0.05, 0.1) is 0 Å². The molecule has 0 unspecified atom stereocenters. The molecule has 0 spiro atoms. The Kier molecular flexibility index (Phi) is 6.88. The van der Waals surface area contributed by atoms with Crippen LogP contribution in [0.2, 0.25) is 6.55 Å². The number of hydrogen-bond donors (Lipinski definition) is 1. The van der Waals surface area contributed by atoms with Crippen molar-refractivity contribution in [2.75, 3.05) is 25.1 Å². The molecule has 0 saturated heterocycles. The van der Waals surface area contributed by atoms with Crippen molar-refractivity contribution in [3.05, 3.63) is 30.3 Å². The molecule has 0 aliphatic rings. The maximum atomic E-state index is 5.56. The number of rotatable bonds is 8. The van der Waals surface area contributed by atoms with Crippen LogP contribution in [0.3, 0.4) is 0 Å². The van der Waals surface area contributed by atoms with E-state index in [9.17, 15) is 0 Å². The zero-order valence-electron chi connectivity index (χ0n) is 10.0. The molecular formula is C12H20NO2Si. The minimum absolute atomic E-state index is 0.743. The Morgan fingerprint density at radius 2 is 1.94 bits per heavy atom. The maximum absolute atomic E-state index is 5.56. The van der Waals surface area contributed by atoms with Crippen molar-refractivity contribution < 1.29 is 8.85 Å². The van der Waals surface area contributed by atoms with E-state index in [1.54, 1.807) is 0 Å². The number of benzene rings is 1. The highest BCUT2D eigenvalue weighted by Gasteiger charge is 2.05. The van der Waals surface area contributed by atoms with Gasteiger partial charge in [0.15, 0.2) is 0 Å². The van der Waals surface area contributed by atoms with Crippen LogP contribution in [0.1, 0.15) is 13.3 Å². The van der Waals surface area contributed by atoms with Crippen LogP contribution < -0.4 is 5.32 Å². The highest BCUT2D eigenvalue weighted by Crippen LogP contribution is 2.04. The molecule has 89 valence electrons. The Labute approximate surface area is 99.6 Å². The van der Waals surface area contributed by atoms with Gasteiger partial charge in [-0.1, -0.05) is 18.2 Å². The van der Waals surface area contributed by atoms with Gasteiger partial charge >= 0.3 is 9.28 Å². The van der Waals surface area contributed by atoms with E-state index in [2.05, 4.69) is 17.4 Å². The summed E-state index contributed by atoms with van der Waals surface area (Å²) < 4.78 is 10.9. The molecule has 0 aromatic heterocycles. The first kappa shape index (κ1) is 13.2. The molecule has 0 heterocycles. The van der Waals surface area contributed by atoms with Crippen molar-refractivity contribution in [3.63, 3.8) is 0 Å². The summed E-state index contributed by atoms with van der Waals surface area (Å²) in [6.45, 7) is 6.47. The predicted molar refractivity (Wildman–Crippen MR) is 68.7 cm³/mol. The summed E-state index contributed by atoms with van der Waals surface area (Å²) in [6, 6.07) is 10.2. The molecule has 0 saturated carbocycles. The summed E-state index contributed by atoms with van der Waals surface area (Å²) in [7, 11) is -1.01. The fourth-order valence-corrected chi connectivity index (χ4v) is 2.24. The Morgan fingerprint density at radius 3 is 2.62 bits per heavy atom. The third kappa shape index (κ3) is 5.90. The number of anilines is 1. The second kappa shape index (κ2) is 8.33. The highest BCUT2D eigenvalue weighted by molar-refractivity contribution is 6.42. The number of hydrogen-bond acceptors (Lipinski definition) is 3. The molecule has 0 fully saturated rings. The van der Waals surface area contributed by atoms with E-state index in [1.807, 2.05) is 31.7 Å². The van der Waals surface area contributed by atoms with Gasteiger partial charge in [0.1, 0.15) is 0 Å². The second-order valence-corrected chi connectivity index (χ2v) is 4.98. The normalized spacial score (nSPS) is 10.7. The van der Waals surface area contributed by atoms with Crippen LogP contribution in [0, 0.1) is 0 Å². The molecule has 1 aromatic rings. The van der Waals surface area contributed by atoms with Gasteiger partial charge in [0, 0.05) is 25.4 Å². The van der Waals surface area contributed by atoms with Gasteiger partial charge in [-0.15, -0.1) is 0 Å². The average Bonchev–Trinajstić information content (AvgIpc) is 2.30. The van der Waals surface area contributed by atoms with Crippen LogP contribution in [0.5, 0.6) is 0 Å². The first-order chi connectivity index (χ1) is 7.83. The van der Waals surface area contributed by atoms with Crippen molar-refractivity contribution in [1.82, 2.24) is 0 Å². The smallest absolute Gasteiger partial charge is 0.381 e. The minimum Gasteiger partial charge on any atom is -0.394 e. The largest absolute Gasteiger partial charge is 0.394 e. The lowest BCUT2D eigenvalue weighted by Gasteiger charge is -2.10. The van der Waals surface area contributed by atoms with E-state index in [-0.39, 0.29) is 0 Å². The van der Waals surface area contributed by atoms with E-state index in [4.69, 9.17) is 8.85 Å². The molecule has 0 bridgehead atoms. The van der Waals surface area contributed by atoms with Crippen LogP contribution in [-0.2, 0) is 8.85 Å². The molecule has 0 aliphatic heterocycles. The second-order valence-electron chi connectivity index (χ2n) is 3.42. The molecular weight excluding hydrogens is 218 g/mol. The molecule has 1 rings (SSSR count). The van der Waals surface area contributed by atoms with Crippen LogP contribution in [0.4, 0.5) is 5.69 Å². The molecule has 1 N–H and O–H groups in total. The summed E-state index contributed by atoms with van der Waals surface area (Å²) in [5.74, 6) is 0. The Morgan fingerprint density at radius 1 is 1.19 bits per heavy atom. The van der Waals surface area contributed by atoms with Crippen molar-refractivity contribution >= 4 is 15.0 Å². The zero-order chi connectivity index (χ0) is 11.6. The monoisotopic (exact) mass is 238 g/mol. The van der Waals surface area contributed by atoms with Crippen LogP contribution in [-0.4, -0.2) is 29.0 Å². The third-order valence-corrected chi connectivity index (χ3v) is 3.38. The molecule has 1 radical (unpaired) electrons. The fourth-order valence-electron chi connectivity index (χ4n) is 1.32. The zero-order valence-corrected chi connectivity index (χ0v) is 11.0. The summed E-state index contributed by atoms with van der Waals surface area (Å²) in [5.41, 5.74) is 1.16. The summed E-state index contributed by atoms with van der Waals surface area (Å²) >= 11 is 0. The minimum atomic E-state index is -1.01. The van der Waals surface area contributed by atoms with Crippen molar-refractivity contribution in [2.45, 2.75) is 19.9 Å². The summed E-state index contributed by atoms with van der Waals surface area (Å²) in [6.07, 6.45) is 1.00. The van der Waals surface area contributed by atoms with Crippen molar-refractivity contribution in [3.8, 4) is 0 Å². The fraction of sp³-hybridized carbons (Fsp3) is 0.500. The number of nitrogens with one attached hydrogen (secondary N) is 1. The van der Waals surface area contributed by atoms with Crippen molar-refractivity contribution in [2.24, 2.45) is 0 Å². The first-order valence-corrected chi connectivity index (χ1v) is 7.52. The Hall–Kier alpha value is -0.843. The molecule has 0 amide bonds. The first-order valence-electron chi connectivity index (χ1n) is 5.71. The Balaban J connectivity index is 2.00. The third-order valence-electron chi connectivity index (χ3n) is 2.08. The van der Waals surface area contributed by atoms with Crippen LogP contribution >= 0.6 is 0 Å².